The fourth-order valence-electron chi connectivity index (χ4n) is 4.60. The van der Waals surface area contributed by atoms with E-state index in [9.17, 15) is 9.18 Å². The van der Waals surface area contributed by atoms with Crippen LogP contribution in [0.4, 0.5) is 4.39 Å². The maximum absolute atomic E-state index is 13.8. The molecule has 4 nitrogen and oxygen atoms in total. The maximum atomic E-state index is 13.8. The Morgan fingerprint density at radius 2 is 1.83 bits per heavy atom. The lowest BCUT2D eigenvalue weighted by molar-refractivity contribution is 0.0888. The topological polar surface area (TPSA) is 41.6 Å². The second kappa shape index (κ2) is 10.4. The Balaban J connectivity index is 1.11. The van der Waals surface area contributed by atoms with Crippen molar-refractivity contribution in [2.75, 3.05) is 19.6 Å². The summed E-state index contributed by atoms with van der Waals surface area (Å²) in [5.74, 6) is 0.933. The molecular formula is C24H31FN2O2S. The molecular weight excluding hydrogens is 399 g/mol. The van der Waals surface area contributed by atoms with Gasteiger partial charge >= 0.3 is 0 Å². The van der Waals surface area contributed by atoms with Crippen LogP contribution in [-0.2, 0) is 0 Å². The van der Waals surface area contributed by atoms with Crippen molar-refractivity contribution in [3.8, 4) is 5.75 Å². The number of benzene rings is 1. The summed E-state index contributed by atoms with van der Waals surface area (Å²) in [5, 5.41) is 5.14. The third-order valence-electron chi connectivity index (χ3n) is 6.45. The summed E-state index contributed by atoms with van der Waals surface area (Å²) in [6, 6.07) is 10.8. The van der Waals surface area contributed by atoms with Gasteiger partial charge in [-0.1, -0.05) is 18.2 Å². The Morgan fingerprint density at radius 1 is 1.07 bits per heavy atom. The molecule has 2 fully saturated rings. The van der Waals surface area contributed by atoms with Gasteiger partial charge in [-0.15, -0.1) is 11.3 Å². The monoisotopic (exact) mass is 430 g/mol. The van der Waals surface area contributed by atoms with Crippen molar-refractivity contribution in [3.05, 3.63) is 52.5 Å². The lowest BCUT2D eigenvalue weighted by Gasteiger charge is -2.34. The number of thiophene rings is 1. The number of carbonyl (C=O) groups excluding carboxylic acids is 1. The molecule has 30 heavy (non-hydrogen) atoms. The molecule has 0 unspecified atom stereocenters. The van der Waals surface area contributed by atoms with Gasteiger partial charge in [0.1, 0.15) is 6.10 Å². The van der Waals surface area contributed by atoms with Crippen molar-refractivity contribution in [1.82, 2.24) is 10.2 Å². The van der Waals surface area contributed by atoms with Gasteiger partial charge in [0.2, 0.25) is 0 Å². The lowest BCUT2D eigenvalue weighted by atomic mass is 9.84. The van der Waals surface area contributed by atoms with E-state index in [2.05, 4.69) is 10.2 Å². The zero-order valence-electron chi connectivity index (χ0n) is 17.4. The van der Waals surface area contributed by atoms with Gasteiger partial charge in [0.15, 0.2) is 11.6 Å². The summed E-state index contributed by atoms with van der Waals surface area (Å²) < 4.78 is 19.6. The van der Waals surface area contributed by atoms with Gasteiger partial charge in [0.25, 0.3) is 5.91 Å². The fraction of sp³-hybridized carbons (Fsp3) is 0.542. The average Bonchev–Trinajstić information content (AvgIpc) is 3.31. The van der Waals surface area contributed by atoms with Crippen LogP contribution >= 0.6 is 11.3 Å². The van der Waals surface area contributed by atoms with E-state index in [1.807, 2.05) is 23.6 Å². The standard InChI is InChI=1S/C24H31FN2O2S/c25-21-4-1-2-5-22(21)29-20-12-15-27(16-13-20)14-11-18-7-9-19(10-8-18)26-24(28)23-6-3-17-30-23/h1-6,17-20H,7-16H2,(H,26,28)/t18-,19-. The molecule has 1 aliphatic heterocycles. The SMILES string of the molecule is O=C(N[C@H]1CC[C@H](CCN2CCC(Oc3ccccc3F)CC2)CC1)c1cccs1. The third-order valence-corrected chi connectivity index (χ3v) is 7.31. The van der Waals surface area contributed by atoms with Crippen LogP contribution in [0.2, 0.25) is 0 Å². The number of halogens is 1. The summed E-state index contributed by atoms with van der Waals surface area (Å²) >= 11 is 1.50. The van der Waals surface area contributed by atoms with E-state index in [1.54, 1.807) is 12.1 Å². The maximum Gasteiger partial charge on any atom is 0.261 e. The Labute approximate surface area is 182 Å². The van der Waals surface area contributed by atoms with Crippen molar-refractivity contribution in [2.45, 2.75) is 57.1 Å². The molecule has 1 aromatic heterocycles. The second-order valence-electron chi connectivity index (χ2n) is 8.55. The normalized spacial score (nSPS) is 23.2. The summed E-state index contributed by atoms with van der Waals surface area (Å²) in [6.45, 7) is 3.17. The lowest BCUT2D eigenvalue weighted by Crippen LogP contribution is -2.40. The Morgan fingerprint density at radius 3 is 2.53 bits per heavy atom. The van der Waals surface area contributed by atoms with E-state index in [0.29, 0.717) is 11.8 Å². The third kappa shape index (κ3) is 5.82. The zero-order valence-corrected chi connectivity index (χ0v) is 18.2. The Hall–Kier alpha value is -1.92. The Kier molecular flexibility index (Phi) is 7.39. The van der Waals surface area contributed by atoms with Crippen LogP contribution in [0, 0.1) is 11.7 Å². The molecule has 0 bridgehead atoms. The number of piperidine rings is 1. The van der Waals surface area contributed by atoms with Gasteiger partial charge in [-0.25, -0.2) is 4.39 Å². The van der Waals surface area contributed by atoms with Crippen LogP contribution in [0.3, 0.4) is 0 Å². The van der Waals surface area contributed by atoms with Gasteiger partial charge in [0.05, 0.1) is 4.88 Å². The molecule has 2 heterocycles. The van der Waals surface area contributed by atoms with Crippen LogP contribution < -0.4 is 10.1 Å². The predicted octanol–water partition coefficient (Wildman–Crippen LogP) is 5.11. The van der Waals surface area contributed by atoms with Gasteiger partial charge in [-0.05, 0) is 81.0 Å². The van der Waals surface area contributed by atoms with Crippen LogP contribution in [0.25, 0.3) is 0 Å². The number of carbonyl (C=O) groups is 1. The Bertz CT molecular complexity index is 797. The highest BCUT2D eigenvalue weighted by Crippen LogP contribution is 2.28. The minimum atomic E-state index is -0.276. The van der Waals surface area contributed by atoms with E-state index in [1.165, 1.54) is 36.7 Å². The molecule has 1 N–H and O–H groups in total. The van der Waals surface area contributed by atoms with Crippen molar-refractivity contribution >= 4 is 17.2 Å². The van der Waals surface area contributed by atoms with E-state index in [0.717, 1.165) is 56.1 Å². The molecule has 2 aromatic rings. The summed E-state index contributed by atoms with van der Waals surface area (Å²) in [7, 11) is 0. The molecule has 0 radical (unpaired) electrons. The summed E-state index contributed by atoms with van der Waals surface area (Å²) in [5.41, 5.74) is 0. The quantitative estimate of drug-likeness (QED) is 0.664. The first-order chi connectivity index (χ1) is 14.7. The summed E-state index contributed by atoms with van der Waals surface area (Å²) in [4.78, 5) is 15.5. The van der Waals surface area contributed by atoms with Crippen LogP contribution in [0.5, 0.6) is 5.75 Å². The molecule has 162 valence electrons. The highest BCUT2D eigenvalue weighted by Gasteiger charge is 2.25. The van der Waals surface area contributed by atoms with E-state index in [-0.39, 0.29) is 17.8 Å². The molecule has 0 spiro atoms. The van der Waals surface area contributed by atoms with E-state index in [4.69, 9.17) is 4.74 Å². The van der Waals surface area contributed by atoms with Crippen LogP contribution in [-0.4, -0.2) is 42.6 Å². The number of nitrogens with zero attached hydrogens (tertiary/aromatic N) is 1. The molecule has 6 heteroatoms. The van der Waals surface area contributed by atoms with Crippen LogP contribution in [0.15, 0.2) is 41.8 Å². The molecule has 2 aliphatic rings. The van der Waals surface area contributed by atoms with Crippen molar-refractivity contribution in [3.63, 3.8) is 0 Å². The second-order valence-corrected chi connectivity index (χ2v) is 9.49. The van der Waals surface area contributed by atoms with Gasteiger partial charge in [-0.3, -0.25) is 4.79 Å². The first-order valence-corrected chi connectivity index (χ1v) is 12.0. The van der Waals surface area contributed by atoms with Gasteiger partial charge in [-0.2, -0.15) is 0 Å². The zero-order chi connectivity index (χ0) is 20.8. The number of amides is 1. The van der Waals surface area contributed by atoms with Crippen molar-refractivity contribution in [2.24, 2.45) is 5.92 Å². The minimum Gasteiger partial charge on any atom is -0.487 e. The van der Waals surface area contributed by atoms with Crippen molar-refractivity contribution in [1.29, 1.82) is 0 Å². The largest absolute Gasteiger partial charge is 0.487 e. The smallest absolute Gasteiger partial charge is 0.261 e. The number of hydrogen-bond donors (Lipinski definition) is 1. The summed E-state index contributed by atoms with van der Waals surface area (Å²) in [6.07, 6.45) is 7.81. The first kappa shape index (κ1) is 21.3. The minimum absolute atomic E-state index is 0.0777. The number of para-hydroxylation sites is 1. The predicted molar refractivity (Wildman–Crippen MR) is 119 cm³/mol. The highest BCUT2D eigenvalue weighted by molar-refractivity contribution is 7.12. The number of hydrogen-bond acceptors (Lipinski definition) is 4. The molecule has 1 aliphatic carbocycles. The van der Waals surface area contributed by atoms with Crippen molar-refractivity contribution < 1.29 is 13.9 Å². The highest BCUT2D eigenvalue weighted by atomic mass is 32.1. The number of rotatable bonds is 7. The number of nitrogens with one attached hydrogen (secondary N) is 1. The molecule has 0 atom stereocenters. The van der Waals surface area contributed by atoms with E-state index >= 15 is 0 Å². The fourth-order valence-corrected chi connectivity index (χ4v) is 5.22. The number of ether oxygens (including phenoxy) is 1. The van der Waals surface area contributed by atoms with E-state index < -0.39 is 0 Å². The molecule has 4 rings (SSSR count). The average molecular weight is 431 g/mol. The molecule has 1 aromatic carbocycles. The first-order valence-electron chi connectivity index (χ1n) is 11.2. The molecule has 1 saturated carbocycles. The van der Waals surface area contributed by atoms with Gasteiger partial charge < -0.3 is 15.0 Å². The van der Waals surface area contributed by atoms with Gasteiger partial charge in [0, 0.05) is 19.1 Å². The number of likely N-dealkylation sites (tertiary alicyclic amines) is 1. The van der Waals surface area contributed by atoms with Crippen LogP contribution in [0.1, 0.15) is 54.6 Å². The molecule has 1 saturated heterocycles. The molecule has 1 amide bonds.